The fourth-order valence-electron chi connectivity index (χ4n) is 8.42. The number of Topliss-reactive ketones (excluding diaryl/α,β-unsaturated/α-hetero) is 1. The largest absolute Gasteiger partial charge is 0.472 e. The molecule has 2 bridgehead atoms. The molecule has 1 spiro atoms. The normalized spacial score (nSPS) is 33.4. The minimum atomic E-state index is -2.00. The number of ketones is 1. The van der Waals surface area contributed by atoms with Crippen molar-refractivity contribution < 1.29 is 57.2 Å². The molecule has 1 saturated heterocycles. The lowest BCUT2D eigenvalue weighted by Crippen LogP contribution is -2.82. The van der Waals surface area contributed by atoms with Crippen LogP contribution in [0, 0.1) is 23.2 Å². The van der Waals surface area contributed by atoms with Crippen molar-refractivity contribution in [2.75, 3.05) is 6.61 Å². The number of ether oxygens (including phenoxy) is 5. The van der Waals surface area contributed by atoms with Crippen LogP contribution in [0.25, 0.3) is 0 Å². The summed E-state index contributed by atoms with van der Waals surface area (Å²) in [5.41, 5.74) is -6.80. The van der Waals surface area contributed by atoms with Gasteiger partial charge in [-0.05, 0) is 65.2 Å². The molecule has 0 aromatic carbocycles. The molecule has 49 heavy (non-hydrogen) atoms. The van der Waals surface area contributed by atoms with Gasteiger partial charge < -0.3 is 38.0 Å². The second kappa shape index (κ2) is 13.3. The van der Waals surface area contributed by atoms with E-state index in [-0.39, 0.29) is 36.2 Å². The van der Waals surface area contributed by atoms with E-state index < -0.39 is 88.8 Å². The first-order chi connectivity index (χ1) is 23.0. The number of rotatable bonds is 11. The number of pyridine rings is 1. The summed E-state index contributed by atoms with van der Waals surface area (Å²) in [5, 5.41) is 12.8. The number of hydrogen-bond donors (Lipinski definition) is 1. The number of fused-ring (bicyclic) bond motifs is 1. The Morgan fingerprint density at radius 3 is 2.33 bits per heavy atom. The number of hydrogen-bond acceptors (Lipinski definition) is 13. The van der Waals surface area contributed by atoms with Gasteiger partial charge in [0.15, 0.2) is 5.60 Å². The van der Waals surface area contributed by atoms with Gasteiger partial charge in [0.2, 0.25) is 0 Å². The van der Waals surface area contributed by atoms with Crippen LogP contribution in [-0.2, 0) is 38.1 Å². The molecule has 13 heteroatoms. The van der Waals surface area contributed by atoms with Crippen LogP contribution in [0.15, 0.2) is 47.5 Å². The molecule has 3 fully saturated rings. The Hall–Kier alpha value is -4.10. The third kappa shape index (κ3) is 6.16. The first-order valence-corrected chi connectivity index (χ1v) is 16.6. The van der Waals surface area contributed by atoms with Gasteiger partial charge in [0, 0.05) is 37.6 Å². The van der Waals surface area contributed by atoms with E-state index in [9.17, 15) is 29.1 Å². The highest BCUT2D eigenvalue weighted by molar-refractivity contribution is 5.90. The van der Waals surface area contributed by atoms with Crippen molar-refractivity contribution in [3.8, 4) is 0 Å². The lowest BCUT2D eigenvalue weighted by atomic mass is 9.44. The number of nitrogens with zero attached hydrogens (tertiary/aromatic N) is 1. The predicted octanol–water partition coefficient (Wildman–Crippen LogP) is 4.25. The van der Waals surface area contributed by atoms with Crippen LogP contribution in [0.1, 0.15) is 94.9 Å². The number of aliphatic hydroxyl groups is 1. The molecule has 0 unspecified atom stereocenters. The van der Waals surface area contributed by atoms with Gasteiger partial charge in [-0.3, -0.25) is 14.6 Å². The maximum atomic E-state index is 14.0. The summed E-state index contributed by atoms with van der Waals surface area (Å²) >= 11 is 0. The second-order valence-electron chi connectivity index (χ2n) is 14.4. The van der Waals surface area contributed by atoms with Gasteiger partial charge in [0.05, 0.1) is 34.5 Å². The van der Waals surface area contributed by atoms with E-state index in [4.69, 9.17) is 28.1 Å². The predicted molar refractivity (Wildman–Crippen MR) is 170 cm³/mol. The summed E-state index contributed by atoms with van der Waals surface area (Å²) in [5.74, 6) is -5.23. The number of carbonyl (C=O) groups excluding carboxylic acids is 5. The average molecular weight is 684 g/mol. The fourth-order valence-corrected chi connectivity index (χ4v) is 8.42. The van der Waals surface area contributed by atoms with Crippen LogP contribution in [0.2, 0.25) is 0 Å². The van der Waals surface area contributed by atoms with Crippen LogP contribution >= 0.6 is 0 Å². The monoisotopic (exact) mass is 683 g/mol. The third-order valence-electron chi connectivity index (χ3n) is 10.7. The van der Waals surface area contributed by atoms with E-state index in [2.05, 4.69) is 4.98 Å². The lowest BCUT2D eigenvalue weighted by Gasteiger charge is -2.66. The quantitative estimate of drug-likeness (QED) is 0.263. The van der Waals surface area contributed by atoms with Gasteiger partial charge in [-0.1, -0.05) is 13.8 Å². The lowest BCUT2D eigenvalue weighted by molar-refractivity contribution is -0.349. The van der Waals surface area contributed by atoms with Crippen LogP contribution < -0.4 is 0 Å². The first-order valence-electron chi connectivity index (χ1n) is 16.6. The third-order valence-corrected chi connectivity index (χ3v) is 10.7. The van der Waals surface area contributed by atoms with Gasteiger partial charge in [-0.2, -0.15) is 0 Å². The topological polar surface area (TPSA) is 178 Å². The van der Waals surface area contributed by atoms with Crippen LogP contribution in [-0.4, -0.2) is 81.5 Å². The molecule has 2 aromatic rings. The summed E-state index contributed by atoms with van der Waals surface area (Å²) in [6.45, 7) is 10.6. The Morgan fingerprint density at radius 2 is 1.73 bits per heavy atom. The van der Waals surface area contributed by atoms with Gasteiger partial charge in [0.25, 0.3) is 0 Å². The molecular weight excluding hydrogens is 638 g/mol. The summed E-state index contributed by atoms with van der Waals surface area (Å²) in [6, 6.07) is 4.48. The molecule has 13 nitrogen and oxygen atoms in total. The number of carbonyl (C=O) groups is 5. The first kappa shape index (κ1) is 36.2. The van der Waals surface area contributed by atoms with E-state index in [0.29, 0.717) is 6.42 Å². The molecular formula is C36H45NO12. The van der Waals surface area contributed by atoms with Crippen molar-refractivity contribution in [1.82, 2.24) is 4.98 Å². The Balaban J connectivity index is 1.82. The molecule has 1 aliphatic heterocycles. The molecule has 0 radical (unpaired) electrons. The molecule has 266 valence electrons. The van der Waals surface area contributed by atoms with E-state index in [1.165, 1.54) is 57.8 Å². The highest BCUT2D eigenvalue weighted by Gasteiger charge is 2.85. The standard InChI is InChI=1S/C36H45NO12/c1-8-20(2)30(40)45-19-35-27(47-32(42)24-11-13-44-18-24)15-26-29(46-22(4)39)36(35,49-33(26,5)6)34(7,43)16-25(14-21(3)38)28(35)48-31(41)23-10-9-12-37-17-23/h9-13,17-18,20,25-29,43H,8,14-16,19H2,1-7H3/t20-,25+,26-,27+,28+,29-,34+,35-,36+/m1/s1. The zero-order valence-electron chi connectivity index (χ0n) is 28.9. The van der Waals surface area contributed by atoms with Gasteiger partial charge in [-0.15, -0.1) is 0 Å². The van der Waals surface area contributed by atoms with Crippen LogP contribution in [0.3, 0.4) is 0 Å². The average Bonchev–Trinajstić information content (AvgIpc) is 3.63. The maximum Gasteiger partial charge on any atom is 0.341 e. The molecule has 1 N–H and O–H groups in total. The molecule has 3 aliphatic rings. The zero-order chi connectivity index (χ0) is 35.9. The van der Waals surface area contributed by atoms with Gasteiger partial charge in [-0.25, -0.2) is 9.59 Å². The van der Waals surface area contributed by atoms with E-state index in [1.54, 1.807) is 26.8 Å². The Bertz CT molecular complexity index is 1570. The van der Waals surface area contributed by atoms with E-state index in [1.807, 2.05) is 6.92 Å². The molecule has 3 heterocycles. The van der Waals surface area contributed by atoms with Crippen molar-refractivity contribution in [2.45, 2.75) is 109 Å². The van der Waals surface area contributed by atoms with Gasteiger partial charge >= 0.3 is 23.9 Å². The Labute approximate surface area is 285 Å². The molecule has 2 saturated carbocycles. The molecule has 2 aromatic heterocycles. The van der Waals surface area contributed by atoms with Gasteiger partial charge in [0.1, 0.15) is 42.4 Å². The summed E-state index contributed by atoms with van der Waals surface area (Å²) in [4.78, 5) is 70.9. The van der Waals surface area contributed by atoms with Crippen molar-refractivity contribution in [3.05, 3.63) is 54.2 Å². The minimum Gasteiger partial charge on any atom is -0.472 e. The molecule has 2 aliphatic carbocycles. The van der Waals surface area contributed by atoms with Crippen molar-refractivity contribution >= 4 is 29.7 Å². The Kier molecular flexibility index (Phi) is 9.83. The smallest absolute Gasteiger partial charge is 0.341 e. The summed E-state index contributed by atoms with van der Waals surface area (Å²) < 4.78 is 36.9. The number of esters is 4. The van der Waals surface area contributed by atoms with Crippen LogP contribution in [0.5, 0.6) is 0 Å². The fraction of sp³-hybridized carbons (Fsp3) is 0.611. The highest BCUT2D eigenvalue weighted by Crippen LogP contribution is 2.70. The second-order valence-corrected chi connectivity index (χ2v) is 14.4. The molecule has 5 rings (SSSR count). The number of furan rings is 1. The SMILES string of the molecule is CC[C@@H](C)C(=O)OC[C@]12[C@@H](OC(=O)c3ccoc3)C[C@@H]3[C@@H](OC(C)=O)[C@]1(OC3(C)C)[C@@](C)(O)C[C@H](CC(C)=O)[C@@H]2OC(=O)c1cccnc1. The van der Waals surface area contributed by atoms with Crippen molar-refractivity contribution in [1.29, 1.82) is 0 Å². The van der Waals surface area contributed by atoms with Crippen molar-refractivity contribution in [2.24, 2.45) is 23.2 Å². The van der Waals surface area contributed by atoms with Crippen molar-refractivity contribution in [3.63, 3.8) is 0 Å². The molecule has 9 atom stereocenters. The number of aromatic nitrogens is 1. The summed E-state index contributed by atoms with van der Waals surface area (Å²) in [6.07, 6.45) is 1.61. The highest BCUT2D eigenvalue weighted by atomic mass is 16.6. The molecule has 0 amide bonds. The minimum absolute atomic E-state index is 0.0129. The maximum absolute atomic E-state index is 14.0. The van der Waals surface area contributed by atoms with E-state index in [0.717, 1.165) is 0 Å². The van der Waals surface area contributed by atoms with E-state index >= 15 is 0 Å². The summed E-state index contributed by atoms with van der Waals surface area (Å²) in [7, 11) is 0. The zero-order valence-corrected chi connectivity index (χ0v) is 28.9. The van der Waals surface area contributed by atoms with Crippen LogP contribution in [0.4, 0.5) is 0 Å². The Morgan fingerprint density at radius 1 is 1.02 bits per heavy atom.